The second kappa shape index (κ2) is 9.48. The van der Waals surface area contributed by atoms with Crippen LogP contribution in [0.1, 0.15) is 29.8 Å². The molecule has 0 spiro atoms. The Morgan fingerprint density at radius 3 is 2.39 bits per heavy atom. The van der Waals surface area contributed by atoms with Crippen molar-refractivity contribution >= 4 is 21.9 Å². The normalized spacial score (nSPS) is 11.5. The van der Waals surface area contributed by atoms with Crippen LogP contribution in [0.4, 0.5) is 0 Å². The number of nitrogens with one attached hydrogen (secondary N) is 1. The fourth-order valence-electron chi connectivity index (χ4n) is 2.29. The summed E-state index contributed by atoms with van der Waals surface area (Å²) in [5.41, 5.74) is 0.989. The molecule has 0 aliphatic carbocycles. The highest BCUT2D eigenvalue weighted by Gasteiger charge is 2.24. The van der Waals surface area contributed by atoms with Gasteiger partial charge in [-0.05, 0) is 37.6 Å². The zero-order valence-electron chi connectivity index (χ0n) is 16.1. The van der Waals surface area contributed by atoms with Gasteiger partial charge >= 0.3 is 5.97 Å². The van der Waals surface area contributed by atoms with E-state index in [-0.39, 0.29) is 29.7 Å². The van der Waals surface area contributed by atoms with E-state index in [4.69, 9.17) is 4.74 Å². The first-order valence-electron chi connectivity index (χ1n) is 8.77. The standard InChI is InChI=1S/C20H24N2O5S/c1-15(2)22(3)28(25,26)18-11-7-10-17(12-18)20(24)21-13-19(23)27-14-16-8-5-4-6-9-16/h4-12,15H,13-14H2,1-3H3,(H,21,24). The molecule has 0 saturated carbocycles. The molecule has 150 valence electrons. The maximum atomic E-state index is 12.6. The number of hydrogen-bond donors (Lipinski definition) is 1. The van der Waals surface area contributed by atoms with Crippen molar-refractivity contribution in [2.24, 2.45) is 0 Å². The van der Waals surface area contributed by atoms with E-state index in [1.807, 2.05) is 30.3 Å². The van der Waals surface area contributed by atoms with E-state index in [9.17, 15) is 18.0 Å². The van der Waals surface area contributed by atoms with E-state index < -0.39 is 21.9 Å². The van der Waals surface area contributed by atoms with E-state index in [1.54, 1.807) is 13.8 Å². The SMILES string of the molecule is CC(C)N(C)S(=O)(=O)c1cccc(C(=O)NCC(=O)OCc2ccccc2)c1. The van der Waals surface area contributed by atoms with Gasteiger partial charge in [-0.2, -0.15) is 4.31 Å². The summed E-state index contributed by atoms with van der Waals surface area (Å²) >= 11 is 0. The number of ether oxygens (including phenoxy) is 1. The fraction of sp³-hybridized carbons (Fsp3) is 0.300. The summed E-state index contributed by atoms with van der Waals surface area (Å²) < 4.78 is 31.4. The number of carbonyl (C=O) groups is 2. The topological polar surface area (TPSA) is 92.8 Å². The first-order valence-corrected chi connectivity index (χ1v) is 10.2. The third kappa shape index (κ3) is 5.64. The molecule has 0 aromatic heterocycles. The van der Waals surface area contributed by atoms with E-state index in [1.165, 1.54) is 35.6 Å². The number of nitrogens with zero attached hydrogens (tertiary/aromatic N) is 1. The molecule has 0 aliphatic heterocycles. The summed E-state index contributed by atoms with van der Waals surface area (Å²) in [6, 6.07) is 14.7. The zero-order chi connectivity index (χ0) is 20.7. The molecule has 1 amide bonds. The van der Waals surface area contributed by atoms with Crippen LogP contribution < -0.4 is 5.32 Å². The third-order valence-electron chi connectivity index (χ3n) is 4.14. The van der Waals surface area contributed by atoms with Gasteiger partial charge in [0, 0.05) is 18.7 Å². The van der Waals surface area contributed by atoms with Crippen molar-refractivity contribution in [2.45, 2.75) is 31.4 Å². The van der Waals surface area contributed by atoms with Crippen molar-refractivity contribution < 1.29 is 22.7 Å². The van der Waals surface area contributed by atoms with E-state index >= 15 is 0 Å². The molecule has 0 aliphatic rings. The Hall–Kier alpha value is -2.71. The van der Waals surface area contributed by atoms with Crippen LogP contribution in [-0.2, 0) is 26.2 Å². The first-order chi connectivity index (χ1) is 13.2. The summed E-state index contributed by atoms with van der Waals surface area (Å²) in [6.45, 7) is 3.32. The lowest BCUT2D eigenvalue weighted by Crippen LogP contribution is -2.33. The molecule has 0 radical (unpaired) electrons. The Labute approximate surface area is 165 Å². The Morgan fingerprint density at radius 2 is 1.75 bits per heavy atom. The van der Waals surface area contributed by atoms with Crippen LogP contribution in [0.15, 0.2) is 59.5 Å². The van der Waals surface area contributed by atoms with Crippen molar-refractivity contribution in [3.63, 3.8) is 0 Å². The largest absolute Gasteiger partial charge is 0.460 e. The Bertz CT molecular complexity index is 927. The van der Waals surface area contributed by atoms with E-state index in [0.717, 1.165) is 5.56 Å². The first kappa shape index (κ1) is 21.6. The Morgan fingerprint density at radius 1 is 1.07 bits per heavy atom. The van der Waals surface area contributed by atoms with Crippen molar-refractivity contribution in [2.75, 3.05) is 13.6 Å². The highest BCUT2D eigenvalue weighted by atomic mass is 32.2. The quantitative estimate of drug-likeness (QED) is 0.681. The molecule has 0 atom stereocenters. The molecule has 0 saturated heterocycles. The van der Waals surface area contributed by atoms with Gasteiger partial charge in [-0.15, -0.1) is 0 Å². The second-order valence-corrected chi connectivity index (χ2v) is 8.47. The fourth-order valence-corrected chi connectivity index (χ4v) is 3.70. The van der Waals surface area contributed by atoms with Gasteiger partial charge in [-0.1, -0.05) is 36.4 Å². The minimum absolute atomic E-state index is 0.0167. The molecule has 1 N–H and O–H groups in total. The minimum atomic E-state index is -3.70. The van der Waals surface area contributed by atoms with Crippen molar-refractivity contribution in [1.82, 2.24) is 9.62 Å². The van der Waals surface area contributed by atoms with Gasteiger partial charge in [0.2, 0.25) is 10.0 Å². The average molecular weight is 404 g/mol. The van der Waals surface area contributed by atoms with Crippen LogP contribution in [-0.4, -0.2) is 44.2 Å². The number of benzene rings is 2. The number of esters is 1. The zero-order valence-corrected chi connectivity index (χ0v) is 16.9. The van der Waals surface area contributed by atoms with Crippen LogP contribution in [0.3, 0.4) is 0 Å². The number of carbonyl (C=O) groups excluding carboxylic acids is 2. The van der Waals surface area contributed by atoms with Crippen LogP contribution in [0, 0.1) is 0 Å². The van der Waals surface area contributed by atoms with Crippen LogP contribution in [0.25, 0.3) is 0 Å². The highest BCUT2D eigenvalue weighted by molar-refractivity contribution is 7.89. The molecular formula is C20H24N2O5S. The molecular weight excluding hydrogens is 380 g/mol. The molecule has 7 nitrogen and oxygen atoms in total. The predicted octanol–water partition coefficient (Wildman–Crippen LogP) is 2.19. The molecule has 0 unspecified atom stereocenters. The number of amides is 1. The average Bonchev–Trinajstić information content (AvgIpc) is 2.70. The molecule has 8 heteroatoms. The highest BCUT2D eigenvalue weighted by Crippen LogP contribution is 2.17. The molecule has 2 rings (SSSR count). The maximum absolute atomic E-state index is 12.6. The summed E-state index contributed by atoms with van der Waals surface area (Å²) in [4.78, 5) is 24.1. The van der Waals surface area contributed by atoms with Crippen molar-refractivity contribution in [3.05, 3.63) is 65.7 Å². The smallest absolute Gasteiger partial charge is 0.325 e. The summed E-state index contributed by atoms with van der Waals surface area (Å²) in [7, 11) is -2.22. The minimum Gasteiger partial charge on any atom is -0.460 e. The Kier molecular flexibility index (Phi) is 7.31. The van der Waals surface area contributed by atoms with Gasteiger partial charge in [0.1, 0.15) is 13.2 Å². The monoisotopic (exact) mass is 404 g/mol. The summed E-state index contributed by atoms with van der Waals surface area (Å²) in [5.74, 6) is -1.14. The van der Waals surface area contributed by atoms with Crippen LogP contribution in [0.2, 0.25) is 0 Å². The number of rotatable bonds is 8. The lowest BCUT2D eigenvalue weighted by Gasteiger charge is -2.21. The van der Waals surface area contributed by atoms with Crippen LogP contribution >= 0.6 is 0 Å². The predicted molar refractivity (Wildman–Crippen MR) is 105 cm³/mol. The van der Waals surface area contributed by atoms with Gasteiger partial charge in [0.05, 0.1) is 4.90 Å². The lowest BCUT2D eigenvalue weighted by molar-refractivity contribution is -0.143. The van der Waals surface area contributed by atoms with Gasteiger partial charge < -0.3 is 10.1 Å². The summed E-state index contributed by atoms with van der Waals surface area (Å²) in [6.07, 6.45) is 0. The van der Waals surface area contributed by atoms with Gasteiger partial charge in [-0.3, -0.25) is 9.59 Å². The summed E-state index contributed by atoms with van der Waals surface area (Å²) in [5, 5.41) is 2.44. The maximum Gasteiger partial charge on any atom is 0.325 e. The molecule has 2 aromatic carbocycles. The number of sulfonamides is 1. The lowest BCUT2D eigenvalue weighted by atomic mass is 10.2. The molecule has 2 aromatic rings. The van der Waals surface area contributed by atoms with Gasteiger partial charge in [0.15, 0.2) is 0 Å². The van der Waals surface area contributed by atoms with Crippen molar-refractivity contribution in [1.29, 1.82) is 0 Å². The van der Waals surface area contributed by atoms with E-state index in [0.29, 0.717) is 0 Å². The second-order valence-electron chi connectivity index (χ2n) is 6.47. The van der Waals surface area contributed by atoms with Crippen LogP contribution in [0.5, 0.6) is 0 Å². The number of hydrogen-bond acceptors (Lipinski definition) is 5. The van der Waals surface area contributed by atoms with E-state index in [2.05, 4.69) is 5.32 Å². The third-order valence-corrected chi connectivity index (χ3v) is 6.17. The molecule has 0 heterocycles. The molecule has 28 heavy (non-hydrogen) atoms. The van der Waals surface area contributed by atoms with Gasteiger partial charge in [0.25, 0.3) is 5.91 Å². The molecule has 0 fully saturated rings. The Balaban J connectivity index is 1.96. The molecule has 0 bridgehead atoms. The van der Waals surface area contributed by atoms with Gasteiger partial charge in [-0.25, -0.2) is 8.42 Å². The van der Waals surface area contributed by atoms with Crippen molar-refractivity contribution in [3.8, 4) is 0 Å².